The first-order valence-corrected chi connectivity index (χ1v) is 11.0. The summed E-state index contributed by atoms with van der Waals surface area (Å²) in [5.74, 6) is -0.744. The smallest absolute Gasteiger partial charge is 0.348 e. The Morgan fingerprint density at radius 2 is 2.03 bits per heavy atom. The Morgan fingerprint density at radius 1 is 1.27 bits per heavy atom. The number of aliphatic hydroxyl groups excluding tert-OH is 1. The predicted molar refractivity (Wildman–Crippen MR) is 114 cm³/mol. The zero-order chi connectivity index (χ0) is 21.5. The number of aliphatic hydroxyl groups is 1. The normalized spacial score (nSPS) is 12.9. The van der Waals surface area contributed by atoms with Gasteiger partial charge in [0, 0.05) is 11.3 Å². The van der Waals surface area contributed by atoms with Crippen LogP contribution in [-0.4, -0.2) is 45.5 Å². The summed E-state index contributed by atoms with van der Waals surface area (Å²) in [6.45, 7) is 2.07. The lowest BCUT2D eigenvalue weighted by molar-refractivity contribution is -0.113. The van der Waals surface area contributed by atoms with E-state index in [0.29, 0.717) is 16.3 Å². The van der Waals surface area contributed by atoms with E-state index in [-0.39, 0.29) is 31.4 Å². The van der Waals surface area contributed by atoms with Gasteiger partial charge in [-0.25, -0.2) is 9.59 Å². The lowest BCUT2D eigenvalue weighted by atomic mass is 9.97. The maximum atomic E-state index is 12.5. The summed E-state index contributed by atoms with van der Waals surface area (Å²) in [5, 5.41) is 12.6. The minimum atomic E-state index is -0.496. The van der Waals surface area contributed by atoms with E-state index in [0.717, 1.165) is 36.9 Å². The zero-order valence-corrected chi connectivity index (χ0v) is 17.7. The number of esters is 1. The molecular formula is C21H25N3O5S. The van der Waals surface area contributed by atoms with Gasteiger partial charge < -0.3 is 15.2 Å². The maximum absolute atomic E-state index is 12.5. The lowest BCUT2D eigenvalue weighted by Gasteiger charge is -2.22. The largest absolute Gasteiger partial charge is 0.462 e. The van der Waals surface area contributed by atoms with Crippen molar-refractivity contribution < 1.29 is 19.4 Å². The quantitative estimate of drug-likeness (QED) is 0.374. The van der Waals surface area contributed by atoms with Gasteiger partial charge in [0.15, 0.2) is 0 Å². The van der Waals surface area contributed by atoms with Gasteiger partial charge in [0.05, 0.1) is 36.8 Å². The number of hydrogen-bond donors (Lipinski definition) is 2. The van der Waals surface area contributed by atoms with Gasteiger partial charge >= 0.3 is 11.7 Å². The number of nitrogens with zero attached hydrogens (tertiary/aromatic N) is 2. The molecule has 1 aromatic carbocycles. The summed E-state index contributed by atoms with van der Waals surface area (Å²) >= 11 is 1.21. The highest BCUT2D eigenvalue weighted by molar-refractivity contribution is 8.00. The standard InChI is InChI=1S/C21H25N3O5S/c1-2-29-20(27)14-7-3-5-9-16(14)22-18(26)13-30-19-15-8-4-6-10-17(15)24(11-12-25)21(28)23-19/h3,5,7,9,25H,2,4,6,8,10-13H2,1H3,(H,22,26). The second-order valence-electron chi connectivity index (χ2n) is 6.81. The van der Waals surface area contributed by atoms with Crippen LogP contribution in [0.5, 0.6) is 0 Å². The van der Waals surface area contributed by atoms with Gasteiger partial charge in [-0.1, -0.05) is 23.9 Å². The van der Waals surface area contributed by atoms with Gasteiger partial charge in [-0.2, -0.15) is 4.98 Å². The molecule has 9 heteroatoms. The predicted octanol–water partition coefficient (Wildman–Crippen LogP) is 2.02. The molecule has 1 heterocycles. The van der Waals surface area contributed by atoms with E-state index in [9.17, 15) is 19.5 Å². The van der Waals surface area contributed by atoms with Crippen molar-refractivity contribution in [3.8, 4) is 0 Å². The SMILES string of the molecule is CCOC(=O)c1ccccc1NC(=O)CSc1nc(=O)n(CCO)c2c1CCCC2. The molecule has 0 bridgehead atoms. The summed E-state index contributed by atoms with van der Waals surface area (Å²) in [6, 6.07) is 6.67. The van der Waals surface area contributed by atoms with E-state index in [4.69, 9.17) is 4.74 Å². The third kappa shape index (κ3) is 5.09. The van der Waals surface area contributed by atoms with Crippen LogP contribution in [0.15, 0.2) is 34.1 Å². The van der Waals surface area contributed by atoms with Crippen LogP contribution in [0.4, 0.5) is 5.69 Å². The number of nitrogens with one attached hydrogen (secondary N) is 1. The van der Waals surface area contributed by atoms with E-state index < -0.39 is 11.7 Å². The average molecular weight is 432 g/mol. The summed E-state index contributed by atoms with van der Waals surface area (Å²) in [6.07, 6.45) is 3.54. The fourth-order valence-electron chi connectivity index (χ4n) is 3.50. The molecule has 8 nitrogen and oxygen atoms in total. The van der Waals surface area contributed by atoms with E-state index in [1.807, 2.05) is 0 Å². The first-order chi connectivity index (χ1) is 14.5. The molecule has 1 amide bonds. The van der Waals surface area contributed by atoms with Gasteiger partial charge in [0.1, 0.15) is 5.03 Å². The van der Waals surface area contributed by atoms with E-state index in [1.165, 1.54) is 16.3 Å². The Morgan fingerprint density at radius 3 is 2.80 bits per heavy atom. The number of amides is 1. The monoisotopic (exact) mass is 431 g/mol. The molecule has 0 radical (unpaired) electrons. The van der Waals surface area contributed by atoms with E-state index in [2.05, 4.69) is 10.3 Å². The number of fused-ring (bicyclic) bond motifs is 1. The number of carbonyl (C=O) groups excluding carboxylic acids is 2. The number of aromatic nitrogens is 2. The third-order valence-corrected chi connectivity index (χ3v) is 5.83. The van der Waals surface area contributed by atoms with Crippen LogP contribution in [0.3, 0.4) is 0 Å². The van der Waals surface area contributed by atoms with Crippen molar-refractivity contribution >= 4 is 29.3 Å². The lowest BCUT2D eigenvalue weighted by Crippen LogP contribution is -2.31. The van der Waals surface area contributed by atoms with Gasteiger partial charge in [0.25, 0.3) is 0 Å². The Labute approximate surface area is 178 Å². The minimum absolute atomic E-state index is 0.0556. The van der Waals surface area contributed by atoms with Crippen molar-refractivity contribution in [3.05, 3.63) is 51.6 Å². The van der Waals surface area contributed by atoms with E-state index in [1.54, 1.807) is 31.2 Å². The molecule has 0 saturated carbocycles. The molecule has 1 aromatic heterocycles. The van der Waals surface area contributed by atoms with Crippen LogP contribution in [-0.2, 0) is 28.9 Å². The highest BCUT2D eigenvalue weighted by atomic mass is 32.2. The number of ether oxygens (including phenoxy) is 1. The summed E-state index contributed by atoms with van der Waals surface area (Å²) < 4.78 is 6.56. The average Bonchev–Trinajstić information content (AvgIpc) is 2.75. The number of para-hydroxylation sites is 1. The van der Waals surface area contributed by atoms with Crippen molar-refractivity contribution in [2.75, 3.05) is 24.3 Å². The number of anilines is 1. The molecule has 0 fully saturated rings. The molecule has 0 aliphatic heterocycles. The highest BCUT2D eigenvalue weighted by Gasteiger charge is 2.21. The summed E-state index contributed by atoms with van der Waals surface area (Å²) in [5.41, 5.74) is 2.17. The van der Waals surface area contributed by atoms with Crippen LogP contribution >= 0.6 is 11.8 Å². The van der Waals surface area contributed by atoms with E-state index >= 15 is 0 Å². The van der Waals surface area contributed by atoms with Crippen LogP contribution in [0, 0.1) is 0 Å². The second kappa shape index (κ2) is 10.4. The first-order valence-electron chi connectivity index (χ1n) is 9.97. The Hall–Kier alpha value is -2.65. The van der Waals surface area contributed by atoms with Gasteiger partial charge in [-0.15, -0.1) is 0 Å². The van der Waals surface area contributed by atoms with Gasteiger partial charge in [-0.3, -0.25) is 9.36 Å². The number of carbonyl (C=O) groups is 2. The number of thioether (sulfide) groups is 1. The van der Waals surface area contributed by atoms with Gasteiger partial charge in [0.2, 0.25) is 5.91 Å². The molecule has 1 aliphatic carbocycles. The molecular weight excluding hydrogens is 406 g/mol. The van der Waals surface area contributed by atoms with Crippen molar-refractivity contribution in [1.82, 2.24) is 9.55 Å². The van der Waals surface area contributed by atoms with Crippen LogP contribution in [0.1, 0.15) is 41.4 Å². The van der Waals surface area contributed by atoms with Crippen molar-refractivity contribution in [1.29, 1.82) is 0 Å². The molecule has 2 N–H and O–H groups in total. The van der Waals surface area contributed by atoms with Crippen LogP contribution in [0.2, 0.25) is 0 Å². The highest BCUT2D eigenvalue weighted by Crippen LogP contribution is 2.28. The summed E-state index contributed by atoms with van der Waals surface area (Å²) in [4.78, 5) is 41.1. The topological polar surface area (TPSA) is 111 Å². The maximum Gasteiger partial charge on any atom is 0.348 e. The number of hydrogen-bond acceptors (Lipinski definition) is 7. The second-order valence-corrected chi connectivity index (χ2v) is 7.77. The molecule has 3 rings (SSSR count). The molecule has 0 unspecified atom stereocenters. The molecule has 160 valence electrons. The van der Waals surface area contributed by atoms with Gasteiger partial charge in [-0.05, 0) is 44.7 Å². The summed E-state index contributed by atoms with van der Waals surface area (Å²) in [7, 11) is 0. The molecule has 0 spiro atoms. The molecule has 2 aromatic rings. The zero-order valence-electron chi connectivity index (χ0n) is 16.8. The van der Waals surface area contributed by atoms with Crippen molar-refractivity contribution in [3.63, 3.8) is 0 Å². The Balaban J connectivity index is 1.74. The third-order valence-electron chi connectivity index (χ3n) is 4.81. The fraction of sp³-hybridized carbons (Fsp3) is 0.429. The molecule has 0 atom stereocenters. The number of rotatable bonds is 8. The van der Waals surface area contributed by atoms with Crippen LogP contribution < -0.4 is 11.0 Å². The minimum Gasteiger partial charge on any atom is -0.462 e. The van der Waals surface area contributed by atoms with Crippen molar-refractivity contribution in [2.45, 2.75) is 44.2 Å². The fourth-order valence-corrected chi connectivity index (χ4v) is 4.37. The number of benzene rings is 1. The Kier molecular flexibility index (Phi) is 7.64. The first kappa shape index (κ1) is 22.0. The van der Waals surface area contributed by atoms with Crippen molar-refractivity contribution in [2.24, 2.45) is 0 Å². The molecule has 1 aliphatic rings. The molecule has 30 heavy (non-hydrogen) atoms. The van der Waals surface area contributed by atoms with Crippen LogP contribution in [0.25, 0.3) is 0 Å². The molecule has 0 saturated heterocycles. The Bertz CT molecular complexity index is 989.